The largest absolute Gasteiger partial charge is 0.460 e. The quantitative estimate of drug-likeness (QED) is 0.0700. The number of methoxy groups -OCH3 is 1. The molecule has 1 aliphatic rings. The van der Waals surface area contributed by atoms with Gasteiger partial charge in [-0.05, 0) is 30.2 Å². The number of likely N-dealkylation sites (tertiary alicyclic amines) is 1. The van der Waals surface area contributed by atoms with Crippen molar-refractivity contribution in [1.29, 1.82) is 0 Å². The van der Waals surface area contributed by atoms with E-state index in [4.69, 9.17) is 9.47 Å². The van der Waals surface area contributed by atoms with Crippen molar-refractivity contribution >= 4 is 17.8 Å². The van der Waals surface area contributed by atoms with Crippen molar-refractivity contribution < 1.29 is 39.2 Å². The molecule has 49 heavy (non-hydrogen) atoms. The van der Waals surface area contributed by atoms with Gasteiger partial charge in [0, 0.05) is 20.1 Å². The van der Waals surface area contributed by atoms with Crippen LogP contribution in [-0.2, 0) is 30.4 Å². The predicted molar refractivity (Wildman–Crippen MR) is 191 cm³/mol. The Morgan fingerprint density at radius 3 is 2.08 bits per heavy atom. The fourth-order valence-corrected chi connectivity index (χ4v) is 6.02. The van der Waals surface area contributed by atoms with E-state index in [1.165, 1.54) is 64.6 Å². The molecule has 0 radical (unpaired) electrons. The second kappa shape index (κ2) is 22.8. The van der Waals surface area contributed by atoms with E-state index in [0.717, 1.165) is 24.8 Å². The molecule has 0 bridgehead atoms. The molecule has 2 rings (SSSR count). The van der Waals surface area contributed by atoms with Crippen LogP contribution >= 0.6 is 0 Å². The van der Waals surface area contributed by atoms with Gasteiger partial charge in [-0.15, -0.1) is 0 Å². The maximum atomic E-state index is 13.8. The van der Waals surface area contributed by atoms with Crippen LogP contribution in [0.2, 0.25) is 0 Å². The lowest BCUT2D eigenvalue weighted by molar-refractivity contribution is -0.152. The summed E-state index contributed by atoms with van der Waals surface area (Å²) < 4.78 is 11.1. The second-order valence-corrected chi connectivity index (χ2v) is 14.6. The number of benzene rings is 1. The molecule has 0 saturated carbocycles. The summed E-state index contributed by atoms with van der Waals surface area (Å²) in [5, 5.41) is 34.5. The number of unbranched alkanes of at least 4 members (excludes halogenated alkanes) is 10. The van der Waals surface area contributed by atoms with Gasteiger partial charge in [0.15, 0.2) is 6.10 Å². The number of hydrogen-bond donors (Lipinski definition) is 4. The first-order chi connectivity index (χ1) is 23.4. The Kier molecular flexibility index (Phi) is 19.7. The topological polar surface area (TPSA) is 146 Å². The first-order valence-corrected chi connectivity index (χ1v) is 18.4. The van der Waals surface area contributed by atoms with E-state index in [1.54, 1.807) is 11.0 Å². The van der Waals surface area contributed by atoms with Crippen LogP contribution in [0.1, 0.15) is 123 Å². The molecule has 10 heteroatoms. The Morgan fingerprint density at radius 2 is 1.51 bits per heavy atom. The number of aliphatic hydroxyl groups excluding tert-OH is 3. The fraction of sp³-hybridized carbons (Fsp3) is 0.718. The monoisotopic (exact) mass is 688 g/mol. The van der Waals surface area contributed by atoms with Gasteiger partial charge >= 0.3 is 5.97 Å². The first kappa shape index (κ1) is 42.4. The zero-order chi connectivity index (χ0) is 36.2. The fourth-order valence-electron chi connectivity index (χ4n) is 6.02. The average molecular weight is 689 g/mol. The summed E-state index contributed by atoms with van der Waals surface area (Å²) in [6, 6.07) is 8.47. The molecule has 2 amide bonds. The minimum atomic E-state index is -1.77. The summed E-state index contributed by atoms with van der Waals surface area (Å²) in [6.45, 7) is 8.43. The number of ether oxygens (including phenoxy) is 2. The molecular formula is C39H64N2O8. The molecule has 1 aromatic carbocycles. The summed E-state index contributed by atoms with van der Waals surface area (Å²) in [6.07, 6.45) is 10.0. The Bertz CT molecular complexity index is 1120. The number of carbonyl (C=O) groups is 3. The summed E-state index contributed by atoms with van der Waals surface area (Å²) in [4.78, 5) is 41.5. The number of nitrogens with one attached hydrogen (secondary N) is 1. The van der Waals surface area contributed by atoms with E-state index < -0.39 is 42.5 Å². The van der Waals surface area contributed by atoms with Gasteiger partial charge in [-0.25, -0.2) is 0 Å². The molecule has 0 aromatic heterocycles. The number of amides is 2. The standard InChI is InChI=1S/C39H64N2O8/c1-6-7-8-9-10-11-12-13-14-15-19-22-33(43)49-30-23-24-31(38(47)41(28-30)27-29-20-17-16-18-21-29)40-37(46)36(48-5)35(45)34(44)32(42)25-26-39(2,3)4/h16-18,20-21,25-26,30-32,34-36,42,44-45H,6-15,19,22-24,27-28H2,1-5H3,(H,40,46)/t30-,31-,32+,34-,35+,36+/m0/s1. The van der Waals surface area contributed by atoms with Crippen molar-refractivity contribution in [3.8, 4) is 0 Å². The van der Waals surface area contributed by atoms with Crippen LogP contribution in [0.3, 0.4) is 0 Å². The minimum absolute atomic E-state index is 0.186. The van der Waals surface area contributed by atoms with E-state index in [-0.39, 0.29) is 36.8 Å². The number of allylic oxidation sites excluding steroid dienone is 1. The molecule has 6 atom stereocenters. The molecule has 10 nitrogen and oxygen atoms in total. The van der Waals surface area contributed by atoms with Crippen LogP contribution in [0, 0.1) is 5.41 Å². The van der Waals surface area contributed by atoms with Gasteiger partial charge in [0.05, 0.1) is 6.54 Å². The highest BCUT2D eigenvalue weighted by molar-refractivity contribution is 5.90. The zero-order valence-corrected chi connectivity index (χ0v) is 30.6. The van der Waals surface area contributed by atoms with Crippen molar-refractivity contribution in [2.75, 3.05) is 13.7 Å². The molecule has 1 fully saturated rings. The number of nitrogens with zero attached hydrogens (tertiary/aromatic N) is 1. The third-order valence-electron chi connectivity index (χ3n) is 8.94. The third kappa shape index (κ3) is 16.6. The lowest BCUT2D eigenvalue weighted by Gasteiger charge is -2.29. The van der Waals surface area contributed by atoms with E-state index in [9.17, 15) is 29.7 Å². The number of rotatable bonds is 22. The molecule has 1 heterocycles. The summed E-state index contributed by atoms with van der Waals surface area (Å²) in [7, 11) is 1.21. The van der Waals surface area contributed by atoms with Crippen LogP contribution in [0.5, 0.6) is 0 Å². The molecule has 1 aliphatic heterocycles. The summed E-state index contributed by atoms with van der Waals surface area (Å²) >= 11 is 0. The highest BCUT2D eigenvalue weighted by Gasteiger charge is 2.39. The highest BCUT2D eigenvalue weighted by atomic mass is 16.5. The van der Waals surface area contributed by atoms with Crippen molar-refractivity contribution in [3.05, 3.63) is 48.0 Å². The third-order valence-corrected chi connectivity index (χ3v) is 8.94. The number of hydrogen-bond acceptors (Lipinski definition) is 8. The Morgan fingerprint density at radius 1 is 0.918 bits per heavy atom. The van der Waals surface area contributed by atoms with E-state index in [1.807, 2.05) is 51.1 Å². The van der Waals surface area contributed by atoms with Crippen LogP contribution < -0.4 is 5.32 Å². The van der Waals surface area contributed by atoms with Gasteiger partial charge in [0.25, 0.3) is 5.91 Å². The summed E-state index contributed by atoms with van der Waals surface area (Å²) in [5.41, 5.74) is 0.619. The number of aliphatic hydroxyl groups is 3. The molecule has 278 valence electrons. The molecule has 1 saturated heterocycles. The van der Waals surface area contributed by atoms with Crippen molar-refractivity contribution in [2.45, 2.75) is 161 Å². The lowest BCUT2D eigenvalue weighted by atomic mass is 9.94. The van der Waals surface area contributed by atoms with E-state index >= 15 is 0 Å². The van der Waals surface area contributed by atoms with Crippen LogP contribution in [-0.4, -0.2) is 88.2 Å². The van der Waals surface area contributed by atoms with Crippen molar-refractivity contribution in [3.63, 3.8) is 0 Å². The zero-order valence-electron chi connectivity index (χ0n) is 30.6. The van der Waals surface area contributed by atoms with Gasteiger partial charge in [0.2, 0.25) is 5.91 Å². The van der Waals surface area contributed by atoms with Gasteiger partial charge in [-0.2, -0.15) is 0 Å². The molecule has 1 aromatic rings. The SMILES string of the molecule is CCCCCCCCCCCCCC(=O)O[C@H]1CC[C@H](NC(=O)[C@H](OC)[C@H](O)[C@@H](O)[C@H](O)C=CC(C)(C)C)C(=O)N(Cc2ccccc2)C1. The van der Waals surface area contributed by atoms with Crippen LogP contribution in [0.15, 0.2) is 42.5 Å². The number of esters is 1. The van der Waals surface area contributed by atoms with E-state index in [0.29, 0.717) is 12.8 Å². The van der Waals surface area contributed by atoms with Crippen LogP contribution in [0.4, 0.5) is 0 Å². The van der Waals surface area contributed by atoms with Gasteiger partial charge in [-0.1, -0.05) is 134 Å². The van der Waals surface area contributed by atoms with Gasteiger partial charge < -0.3 is 35.0 Å². The van der Waals surface area contributed by atoms with E-state index in [2.05, 4.69) is 12.2 Å². The normalized spacial score (nSPS) is 19.7. The Hall–Kier alpha value is -2.79. The molecule has 4 N–H and O–H groups in total. The molecule has 0 spiro atoms. The maximum absolute atomic E-state index is 13.8. The second-order valence-electron chi connectivity index (χ2n) is 14.6. The lowest BCUT2D eigenvalue weighted by Crippen LogP contribution is -2.55. The first-order valence-electron chi connectivity index (χ1n) is 18.4. The number of carbonyl (C=O) groups excluding carboxylic acids is 3. The van der Waals surface area contributed by atoms with Gasteiger partial charge in [-0.3, -0.25) is 14.4 Å². The predicted octanol–water partition coefficient (Wildman–Crippen LogP) is 5.61. The smallest absolute Gasteiger partial charge is 0.306 e. The molecule has 0 aliphatic carbocycles. The summed E-state index contributed by atoms with van der Waals surface area (Å²) in [5.74, 6) is -1.43. The van der Waals surface area contributed by atoms with Crippen LogP contribution in [0.25, 0.3) is 0 Å². The average Bonchev–Trinajstić information content (AvgIpc) is 3.20. The maximum Gasteiger partial charge on any atom is 0.306 e. The Labute approximate surface area is 294 Å². The van der Waals surface area contributed by atoms with Crippen molar-refractivity contribution in [2.24, 2.45) is 5.41 Å². The molecular weight excluding hydrogens is 624 g/mol. The Balaban J connectivity index is 1.97. The van der Waals surface area contributed by atoms with Crippen molar-refractivity contribution in [1.82, 2.24) is 10.2 Å². The minimum Gasteiger partial charge on any atom is -0.460 e. The molecule has 0 unspecified atom stereocenters. The highest BCUT2D eigenvalue weighted by Crippen LogP contribution is 2.21. The van der Waals surface area contributed by atoms with Gasteiger partial charge in [0.1, 0.15) is 30.5 Å².